The van der Waals surface area contributed by atoms with E-state index in [2.05, 4.69) is 36.9 Å². The van der Waals surface area contributed by atoms with Gasteiger partial charge in [0.2, 0.25) is 10.0 Å². The number of likely N-dealkylation sites (N-methyl/N-ethyl adjacent to an activating group) is 2. The van der Waals surface area contributed by atoms with E-state index in [1.54, 1.807) is 11.2 Å². The largest absolute Gasteiger partial charge is 0.508 e. The van der Waals surface area contributed by atoms with Gasteiger partial charge in [0.25, 0.3) is 0 Å². The number of nitrogens with zero attached hydrogens (tertiary/aromatic N) is 3. The van der Waals surface area contributed by atoms with Crippen LogP contribution in [-0.2, 0) is 21.9 Å². The molecule has 0 amide bonds. The van der Waals surface area contributed by atoms with E-state index in [1.807, 2.05) is 12.1 Å². The van der Waals surface area contributed by atoms with E-state index in [9.17, 15) is 13.5 Å². The van der Waals surface area contributed by atoms with Gasteiger partial charge in [-0.2, -0.15) is 0 Å². The molecule has 0 aromatic heterocycles. The van der Waals surface area contributed by atoms with Gasteiger partial charge in [0, 0.05) is 49.1 Å². The van der Waals surface area contributed by atoms with Crippen molar-refractivity contribution in [3.05, 3.63) is 29.3 Å². The average molecular weight is 448 g/mol. The van der Waals surface area contributed by atoms with Gasteiger partial charge in [-0.1, -0.05) is 13.0 Å². The fraction of sp³-hybridized carbons (Fsp3) is 0.750. The molecule has 2 bridgehead atoms. The Hall–Kier alpha value is -1.15. The smallest absolute Gasteiger partial charge is 0.213 e. The highest BCUT2D eigenvalue weighted by molar-refractivity contribution is 7.89. The van der Waals surface area contributed by atoms with Crippen LogP contribution in [0.1, 0.15) is 44.2 Å². The van der Waals surface area contributed by atoms with E-state index in [4.69, 9.17) is 0 Å². The summed E-state index contributed by atoms with van der Waals surface area (Å²) < 4.78 is 26.1. The van der Waals surface area contributed by atoms with Crippen molar-refractivity contribution in [1.82, 2.24) is 14.1 Å². The van der Waals surface area contributed by atoms with Crippen molar-refractivity contribution in [2.45, 2.75) is 57.0 Å². The molecule has 6 nitrogen and oxygen atoms in total. The van der Waals surface area contributed by atoms with E-state index < -0.39 is 10.0 Å². The lowest BCUT2D eigenvalue weighted by Crippen LogP contribution is -2.66. The minimum absolute atomic E-state index is 0.0305. The van der Waals surface area contributed by atoms with E-state index >= 15 is 0 Å². The lowest BCUT2D eigenvalue weighted by molar-refractivity contribution is -0.0604. The van der Waals surface area contributed by atoms with Gasteiger partial charge in [0.05, 0.1) is 5.75 Å². The van der Waals surface area contributed by atoms with Gasteiger partial charge in [0.15, 0.2) is 0 Å². The molecule has 2 aliphatic heterocycles. The molecule has 3 fully saturated rings. The van der Waals surface area contributed by atoms with Crippen LogP contribution >= 0.6 is 0 Å². The van der Waals surface area contributed by atoms with Gasteiger partial charge in [-0.15, -0.1) is 0 Å². The number of phenols is 1. The summed E-state index contributed by atoms with van der Waals surface area (Å²) in [6.45, 7) is 7.62. The summed E-state index contributed by atoms with van der Waals surface area (Å²) in [6.07, 6.45) is 4.19. The molecule has 0 radical (unpaired) electrons. The Kier molecular flexibility index (Phi) is 5.02. The third-order valence-corrected chi connectivity index (χ3v) is 10.8. The van der Waals surface area contributed by atoms with Crippen LogP contribution in [-0.4, -0.2) is 85.7 Å². The first-order valence-electron chi connectivity index (χ1n) is 11.8. The number of fused-ring (bicyclic) bond motifs is 3. The summed E-state index contributed by atoms with van der Waals surface area (Å²) in [7, 11) is 1.46. The molecule has 2 heterocycles. The minimum Gasteiger partial charge on any atom is -0.508 e. The Bertz CT molecular complexity index is 974. The first kappa shape index (κ1) is 21.7. The second kappa shape index (κ2) is 7.17. The van der Waals surface area contributed by atoms with Gasteiger partial charge >= 0.3 is 0 Å². The number of rotatable bonds is 5. The molecule has 1 saturated carbocycles. The number of phenolic OH excluding ortho intramolecular Hbond substituents is 1. The van der Waals surface area contributed by atoms with Crippen LogP contribution in [0.2, 0.25) is 0 Å². The summed E-state index contributed by atoms with van der Waals surface area (Å²) in [6, 6.07) is 6.95. The Morgan fingerprint density at radius 2 is 1.97 bits per heavy atom. The molecule has 5 rings (SSSR count). The van der Waals surface area contributed by atoms with Crippen LogP contribution in [0, 0.1) is 11.3 Å². The molecule has 1 aromatic carbocycles. The van der Waals surface area contributed by atoms with Crippen molar-refractivity contribution in [2.75, 3.05) is 46.0 Å². The first-order valence-corrected chi connectivity index (χ1v) is 13.4. The van der Waals surface area contributed by atoms with Crippen LogP contribution in [0.4, 0.5) is 0 Å². The van der Waals surface area contributed by atoms with Crippen LogP contribution in [0.5, 0.6) is 5.75 Å². The number of aromatic hydroxyl groups is 1. The number of likely N-dealkylation sites (tertiary alicyclic amines) is 1. The predicted octanol–water partition coefficient (Wildman–Crippen LogP) is 2.27. The van der Waals surface area contributed by atoms with Crippen molar-refractivity contribution >= 4 is 10.0 Å². The standard InChI is InChI=1S/C24H37N3O3S/c1-5-31(29,30)27-10-8-17(9-11-27)14-25(3)21-22-24(16-26(22)4)13-18-6-7-19(28)12-20(18)23(21,2)15-24/h6-7,12,17,21-22,28H,5,8-11,13-16H2,1-4H3/t21-,22?,23+,24?/m0/s1. The second-order valence-corrected chi connectivity index (χ2v) is 13.2. The normalized spacial score (nSPS) is 36.3. The highest BCUT2D eigenvalue weighted by atomic mass is 32.2. The molecule has 2 saturated heterocycles. The van der Waals surface area contributed by atoms with Crippen LogP contribution < -0.4 is 0 Å². The molecule has 1 spiro atoms. The monoisotopic (exact) mass is 447 g/mol. The lowest BCUT2D eigenvalue weighted by Gasteiger charge is -2.55. The fourth-order valence-corrected chi connectivity index (χ4v) is 9.00. The topological polar surface area (TPSA) is 64.1 Å². The molecule has 1 aromatic rings. The molecule has 2 aliphatic carbocycles. The number of benzene rings is 1. The third kappa shape index (κ3) is 3.18. The summed E-state index contributed by atoms with van der Waals surface area (Å²) in [5.74, 6) is 1.09. The van der Waals surface area contributed by atoms with E-state index in [0.717, 1.165) is 32.4 Å². The second-order valence-electron chi connectivity index (χ2n) is 11.0. The molecular formula is C24H37N3O3S. The first-order chi connectivity index (χ1) is 14.6. The molecule has 4 aliphatic rings. The maximum Gasteiger partial charge on any atom is 0.213 e. The zero-order valence-electron chi connectivity index (χ0n) is 19.3. The predicted molar refractivity (Wildman–Crippen MR) is 123 cm³/mol. The summed E-state index contributed by atoms with van der Waals surface area (Å²) in [5, 5.41) is 10.2. The van der Waals surface area contributed by atoms with E-state index in [-0.39, 0.29) is 11.2 Å². The van der Waals surface area contributed by atoms with E-state index in [0.29, 0.717) is 42.3 Å². The van der Waals surface area contributed by atoms with Crippen molar-refractivity contribution in [1.29, 1.82) is 0 Å². The molecule has 172 valence electrons. The van der Waals surface area contributed by atoms with Gasteiger partial charge in [-0.25, -0.2) is 12.7 Å². The Morgan fingerprint density at radius 3 is 2.61 bits per heavy atom. The van der Waals surface area contributed by atoms with Crippen molar-refractivity contribution in [3.63, 3.8) is 0 Å². The number of piperidine rings is 1. The Labute approximate surface area is 187 Å². The summed E-state index contributed by atoms with van der Waals surface area (Å²) in [5.41, 5.74) is 3.13. The number of hydrogen-bond acceptors (Lipinski definition) is 5. The molecule has 7 heteroatoms. The maximum absolute atomic E-state index is 12.2. The average Bonchev–Trinajstić information content (AvgIpc) is 2.90. The zero-order chi connectivity index (χ0) is 22.2. The van der Waals surface area contributed by atoms with Crippen molar-refractivity contribution < 1.29 is 13.5 Å². The zero-order valence-corrected chi connectivity index (χ0v) is 20.2. The third-order valence-electron chi connectivity index (χ3n) is 8.94. The maximum atomic E-state index is 12.2. The highest BCUT2D eigenvalue weighted by Gasteiger charge is 2.69. The van der Waals surface area contributed by atoms with Gasteiger partial charge in [0.1, 0.15) is 5.75 Å². The quantitative estimate of drug-likeness (QED) is 0.750. The molecular weight excluding hydrogens is 410 g/mol. The van der Waals surface area contributed by atoms with Gasteiger partial charge in [-0.05, 0) is 75.9 Å². The van der Waals surface area contributed by atoms with Crippen LogP contribution in [0.3, 0.4) is 0 Å². The van der Waals surface area contributed by atoms with Gasteiger partial charge < -0.3 is 14.9 Å². The van der Waals surface area contributed by atoms with Crippen LogP contribution in [0.15, 0.2) is 18.2 Å². The van der Waals surface area contributed by atoms with Crippen molar-refractivity contribution in [2.24, 2.45) is 11.3 Å². The molecule has 2 unspecified atom stereocenters. The highest BCUT2D eigenvalue weighted by Crippen LogP contribution is 2.64. The fourth-order valence-electron chi connectivity index (χ4n) is 7.87. The Morgan fingerprint density at radius 1 is 1.26 bits per heavy atom. The SMILES string of the molecule is CCS(=O)(=O)N1CCC(CN(C)[C@H]2C3N(C)CC34Cc3ccc(O)cc3[C@@]2(C)C4)CC1. The van der Waals surface area contributed by atoms with E-state index in [1.165, 1.54) is 17.5 Å². The lowest BCUT2D eigenvalue weighted by atomic mass is 9.63. The summed E-state index contributed by atoms with van der Waals surface area (Å²) >= 11 is 0. The van der Waals surface area contributed by atoms with Gasteiger partial charge in [-0.3, -0.25) is 0 Å². The summed E-state index contributed by atoms with van der Waals surface area (Å²) in [4.78, 5) is 5.12. The minimum atomic E-state index is -3.07. The van der Waals surface area contributed by atoms with Crippen LogP contribution in [0.25, 0.3) is 0 Å². The number of hydrogen-bond donors (Lipinski definition) is 1. The molecule has 31 heavy (non-hydrogen) atoms. The molecule has 1 N–H and O–H groups in total. The number of sulfonamides is 1. The Balaban J connectivity index is 1.37. The van der Waals surface area contributed by atoms with Crippen molar-refractivity contribution in [3.8, 4) is 5.75 Å². The molecule has 4 atom stereocenters.